The molecule has 3 atom stereocenters. The van der Waals surface area contributed by atoms with E-state index in [9.17, 15) is 14.4 Å². The summed E-state index contributed by atoms with van der Waals surface area (Å²) in [6.07, 6.45) is 0.213. The first-order chi connectivity index (χ1) is 11.8. The summed E-state index contributed by atoms with van der Waals surface area (Å²) in [6.45, 7) is 3.47. The van der Waals surface area contributed by atoms with Gasteiger partial charge in [0.05, 0.1) is 4.87 Å². The highest BCUT2D eigenvalue weighted by molar-refractivity contribution is 8.01. The number of hydrogen-bond donors (Lipinski definition) is 1. The highest BCUT2D eigenvalue weighted by Gasteiger charge is 2.53. The van der Waals surface area contributed by atoms with Gasteiger partial charge in [-0.05, 0) is 44.5 Å². The zero-order valence-corrected chi connectivity index (χ0v) is 15.5. The second-order valence-corrected chi connectivity index (χ2v) is 8.28. The van der Waals surface area contributed by atoms with E-state index in [2.05, 4.69) is 5.32 Å². The fraction of sp³-hybridized carbons (Fsp3) is 0.471. The first kappa shape index (κ1) is 18.1. The second kappa shape index (κ2) is 6.88. The number of nitrogens with one attached hydrogen (secondary N) is 1. The summed E-state index contributed by atoms with van der Waals surface area (Å²) >= 11 is 7.39. The first-order valence-electron chi connectivity index (χ1n) is 8.03. The summed E-state index contributed by atoms with van der Waals surface area (Å²) in [4.78, 5) is 38.0. The van der Waals surface area contributed by atoms with Crippen LogP contribution in [0.3, 0.4) is 0 Å². The Balaban J connectivity index is 1.59. The molecule has 2 amide bonds. The molecular formula is C17H19ClN2O4S. The Labute approximate surface area is 155 Å². The maximum Gasteiger partial charge on any atom is 0.330 e. The van der Waals surface area contributed by atoms with Crippen molar-refractivity contribution in [3.05, 3.63) is 29.3 Å². The summed E-state index contributed by atoms with van der Waals surface area (Å²) in [5.74, 6) is -0.512. The topological polar surface area (TPSA) is 75.7 Å². The number of anilines is 1. The molecule has 2 aliphatic rings. The first-order valence-corrected chi connectivity index (χ1v) is 9.39. The van der Waals surface area contributed by atoms with E-state index < -0.39 is 24.0 Å². The molecule has 8 heteroatoms. The summed E-state index contributed by atoms with van der Waals surface area (Å²) in [6, 6.07) is 6.01. The van der Waals surface area contributed by atoms with Crippen LogP contribution in [0.5, 0.6) is 0 Å². The number of thioether (sulfide) groups is 1. The van der Waals surface area contributed by atoms with E-state index in [1.165, 1.54) is 6.92 Å². The van der Waals surface area contributed by atoms with Crippen molar-refractivity contribution in [2.75, 3.05) is 11.1 Å². The van der Waals surface area contributed by atoms with Crippen LogP contribution in [-0.2, 0) is 19.1 Å². The predicted molar refractivity (Wildman–Crippen MR) is 96.4 cm³/mol. The number of benzene rings is 1. The van der Waals surface area contributed by atoms with E-state index in [1.54, 1.807) is 40.9 Å². The summed E-state index contributed by atoms with van der Waals surface area (Å²) < 4.78 is 5.31. The van der Waals surface area contributed by atoms with Gasteiger partial charge in [-0.2, -0.15) is 0 Å². The molecular weight excluding hydrogens is 364 g/mol. The van der Waals surface area contributed by atoms with Crippen LogP contribution in [0.2, 0.25) is 5.02 Å². The van der Waals surface area contributed by atoms with Crippen molar-refractivity contribution in [3.63, 3.8) is 0 Å². The SMILES string of the molecule is C[C@@H](OC(=O)[C@H]1CS[C@@]2(C)CCC(=O)N12)C(=O)Nc1ccc(Cl)cc1. The fourth-order valence-corrected chi connectivity index (χ4v) is 4.62. The number of nitrogens with zero attached hydrogens (tertiary/aromatic N) is 1. The number of fused-ring (bicyclic) bond motifs is 1. The molecule has 0 spiro atoms. The van der Waals surface area contributed by atoms with Gasteiger partial charge in [0, 0.05) is 22.9 Å². The fourth-order valence-electron chi connectivity index (χ4n) is 3.08. The second-order valence-electron chi connectivity index (χ2n) is 6.34. The van der Waals surface area contributed by atoms with Crippen LogP contribution in [0.4, 0.5) is 5.69 Å². The van der Waals surface area contributed by atoms with Crippen molar-refractivity contribution < 1.29 is 19.1 Å². The van der Waals surface area contributed by atoms with Gasteiger partial charge in [0.15, 0.2) is 6.10 Å². The van der Waals surface area contributed by atoms with E-state index in [0.29, 0.717) is 22.9 Å². The van der Waals surface area contributed by atoms with Crippen molar-refractivity contribution in [3.8, 4) is 0 Å². The Bertz CT molecular complexity index is 711. The van der Waals surface area contributed by atoms with Crippen LogP contribution >= 0.6 is 23.4 Å². The zero-order valence-electron chi connectivity index (χ0n) is 14.0. The third kappa shape index (κ3) is 3.62. The van der Waals surface area contributed by atoms with E-state index in [0.717, 1.165) is 6.42 Å². The average molecular weight is 383 g/mol. The van der Waals surface area contributed by atoms with Gasteiger partial charge in [-0.1, -0.05) is 11.6 Å². The summed E-state index contributed by atoms with van der Waals surface area (Å²) in [5, 5.41) is 3.23. The van der Waals surface area contributed by atoms with Crippen LogP contribution in [0.1, 0.15) is 26.7 Å². The lowest BCUT2D eigenvalue weighted by Crippen LogP contribution is -2.48. The van der Waals surface area contributed by atoms with Gasteiger partial charge >= 0.3 is 5.97 Å². The van der Waals surface area contributed by atoms with Gasteiger partial charge in [0.25, 0.3) is 5.91 Å². The molecule has 0 aliphatic carbocycles. The molecule has 2 aliphatic heterocycles. The quantitative estimate of drug-likeness (QED) is 0.810. The van der Waals surface area contributed by atoms with Crippen molar-refractivity contribution in [2.24, 2.45) is 0 Å². The number of hydrogen-bond acceptors (Lipinski definition) is 5. The summed E-state index contributed by atoms with van der Waals surface area (Å²) in [7, 11) is 0. The lowest BCUT2D eigenvalue weighted by molar-refractivity contribution is -0.160. The van der Waals surface area contributed by atoms with Crippen LogP contribution in [0.15, 0.2) is 24.3 Å². The molecule has 0 unspecified atom stereocenters. The van der Waals surface area contributed by atoms with E-state index >= 15 is 0 Å². The Morgan fingerprint density at radius 2 is 2.08 bits per heavy atom. The Kier molecular flexibility index (Phi) is 4.97. The summed E-state index contributed by atoms with van der Waals surface area (Å²) in [5.41, 5.74) is 0.566. The molecule has 2 heterocycles. The zero-order chi connectivity index (χ0) is 18.2. The standard InChI is InChI=1S/C17H19ClN2O4S/c1-10(15(22)19-12-5-3-11(18)4-6-12)24-16(23)13-9-25-17(2)8-7-14(21)20(13)17/h3-6,10,13H,7-9H2,1-2H3,(H,19,22)/t10-,13-,17+/m1/s1. The average Bonchev–Trinajstić information content (AvgIpc) is 3.06. The van der Waals surface area contributed by atoms with Crippen molar-refractivity contribution >= 4 is 46.8 Å². The third-order valence-corrected chi connectivity index (χ3v) is 6.25. The Hall–Kier alpha value is -1.73. The maximum atomic E-state index is 12.5. The van der Waals surface area contributed by atoms with Crippen LogP contribution in [-0.4, -0.2) is 45.5 Å². The van der Waals surface area contributed by atoms with Crippen LogP contribution in [0, 0.1) is 0 Å². The normalized spacial score (nSPS) is 26.3. The van der Waals surface area contributed by atoms with Crippen molar-refractivity contribution in [1.82, 2.24) is 4.90 Å². The monoisotopic (exact) mass is 382 g/mol. The van der Waals surface area contributed by atoms with Crippen molar-refractivity contribution in [2.45, 2.75) is 43.7 Å². The minimum Gasteiger partial charge on any atom is -0.451 e. The van der Waals surface area contributed by atoms with Gasteiger partial charge in [-0.15, -0.1) is 11.8 Å². The third-order valence-electron chi connectivity index (χ3n) is 4.49. The maximum absolute atomic E-state index is 12.5. The molecule has 0 bridgehead atoms. The number of halogens is 1. The molecule has 0 radical (unpaired) electrons. The van der Waals surface area contributed by atoms with Crippen molar-refractivity contribution in [1.29, 1.82) is 0 Å². The predicted octanol–water partition coefficient (Wildman–Crippen LogP) is 2.66. The molecule has 1 aromatic rings. The number of carbonyl (C=O) groups is 3. The Morgan fingerprint density at radius 3 is 2.76 bits per heavy atom. The smallest absolute Gasteiger partial charge is 0.330 e. The Morgan fingerprint density at radius 1 is 1.40 bits per heavy atom. The van der Waals surface area contributed by atoms with Gasteiger partial charge in [-0.3, -0.25) is 9.59 Å². The minimum absolute atomic E-state index is 0.0345. The number of esters is 1. The van der Waals surface area contributed by atoms with E-state index in [4.69, 9.17) is 16.3 Å². The number of carbonyl (C=O) groups excluding carboxylic acids is 3. The lowest BCUT2D eigenvalue weighted by Gasteiger charge is -2.29. The van der Waals surface area contributed by atoms with Gasteiger partial charge in [0.1, 0.15) is 6.04 Å². The molecule has 0 saturated carbocycles. The molecule has 2 fully saturated rings. The molecule has 2 saturated heterocycles. The van der Waals surface area contributed by atoms with Crippen LogP contribution < -0.4 is 5.32 Å². The molecule has 25 heavy (non-hydrogen) atoms. The van der Waals surface area contributed by atoms with E-state index in [-0.39, 0.29) is 10.8 Å². The molecule has 1 aromatic carbocycles. The molecule has 3 rings (SSSR count). The number of ether oxygens (including phenoxy) is 1. The van der Waals surface area contributed by atoms with Gasteiger partial charge < -0.3 is 15.0 Å². The van der Waals surface area contributed by atoms with Crippen LogP contribution in [0.25, 0.3) is 0 Å². The molecule has 0 aromatic heterocycles. The highest BCUT2D eigenvalue weighted by atomic mass is 35.5. The van der Waals surface area contributed by atoms with Gasteiger partial charge in [-0.25, -0.2) is 4.79 Å². The lowest BCUT2D eigenvalue weighted by atomic mass is 10.2. The van der Waals surface area contributed by atoms with Gasteiger partial charge in [0.2, 0.25) is 5.91 Å². The number of amides is 2. The molecule has 6 nitrogen and oxygen atoms in total. The molecule has 134 valence electrons. The largest absolute Gasteiger partial charge is 0.451 e. The molecule has 1 N–H and O–H groups in total. The minimum atomic E-state index is -0.960. The number of rotatable bonds is 4. The van der Waals surface area contributed by atoms with E-state index in [1.807, 2.05) is 6.92 Å². The highest BCUT2D eigenvalue weighted by Crippen LogP contribution is 2.47.